The maximum absolute atomic E-state index is 12.5. The molecule has 1 aromatic carbocycles. The predicted octanol–water partition coefficient (Wildman–Crippen LogP) is 2.94. The number of carbonyl (C=O) groups excluding carboxylic acids is 1. The van der Waals surface area contributed by atoms with Crippen molar-refractivity contribution in [3.05, 3.63) is 34.5 Å². The average Bonchev–Trinajstić information content (AvgIpc) is 3.05. The Balaban J connectivity index is 1.94. The van der Waals surface area contributed by atoms with Gasteiger partial charge in [-0.3, -0.25) is 9.59 Å². The number of likely N-dealkylation sites (tertiary alicyclic amines) is 1. The van der Waals surface area contributed by atoms with Gasteiger partial charge in [-0.15, -0.1) is 0 Å². The molecule has 21 heavy (non-hydrogen) atoms. The monoisotopic (exact) mass is 307 g/mol. The molecule has 0 radical (unpaired) electrons. The second kappa shape index (κ2) is 5.07. The highest BCUT2D eigenvalue weighted by atomic mass is 35.5. The second-order valence-electron chi connectivity index (χ2n) is 5.25. The maximum atomic E-state index is 12.5. The van der Waals surface area contributed by atoms with Crippen LogP contribution in [-0.4, -0.2) is 35.0 Å². The van der Waals surface area contributed by atoms with Crippen LogP contribution in [-0.2, 0) is 4.79 Å². The predicted molar refractivity (Wildman–Crippen MR) is 77.6 cm³/mol. The van der Waals surface area contributed by atoms with Crippen LogP contribution in [0.25, 0.3) is 11.0 Å². The minimum atomic E-state index is -0.866. The summed E-state index contributed by atoms with van der Waals surface area (Å²) in [5.74, 6) is -1.40. The van der Waals surface area contributed by atoms with Gasteiger partial charge < -0.3 is 14.4 Å². The quantitative estimate of drug-likeness (QED) is 0.926. The number of fused-ring (bicyclic) bond motifs is 1. The van der Waals surface area contributed by atoms with Crippen molar-refractivity contribution in [1.29, 1.82) is 0 Å². The Morgan fingerprint density at radius 2 is 2.19 bits per heavy atom. The lowest BCUT2D eigenvalue weighted by Crippen LogP contribution is -2.30. The summed E-state index contributed by atoms with van der Waals surface area (Å²) in [5.41, 5.74) is 1.23. The molecule has 6 heteroatoms. The van der Waals surface area contributed by atoms with Crippen LogP contribution < -0.4 is 0 Å². The van der Waals surface area contributed by atoms with Gasteiger partial charge in [-0.25, -0.2) is 0 Å². The van der Waals surface area contributed by atoms with Crippen LogP contribution in [0.15, 0.2) is 22.6 Å². The molecule has 0 unspecified atom stereocenters. The third-order valence-corrected chi connectivity index (χ3v) is 4.23. The van der Waals surface area contributed by atoms with E-state index in [1.54, 1.807) is 19.1 Å². The number of carboxylic acid groups (broad SMARTS) is 1. The summed E-state index contributed by atoms with van der Waals surface area (Å²) < 4.78 is 5.63. The van der Waals surface area contributed by atoms with E-state index >= 15 is 0 Å². The molecule has 0 bridgehead atoms. The van der Waals surface area contributed by atoms with Crippen LogP contribution in [0.3, 0.4) is 0 Å². The van der Waals surface area contributed by atoms with Crippen molar-refractivity contribution in [3.8, 4) is 0 Å². The molecule has 0 saturated carbocycles. The van der Waals surface area contributed by atoms with Gasteiger partial charge in [0.1, 0.15) is 0 Å². The van der Waals surface area contributed by atoms with E-state index in [2.05, 4.69) is 0 Å². The Bertz CT molecular complexity index is 737. The SMILES string of the molecule is Cc1c(C(=O)N2CC[C@H](C(=O)O)C2)oc2c(Cl)cccc12. The highest BCUT2D eigenvalue weighted by Gasteiger charge is 2.33. The van der Waals surface area contributed by atoms with Crippen molar-refractivity contribution in [2.45, 2.75) is 13.3 Å². The van der Waals surface area contributed by atoms with E-state index in [4.69, 9.17) is 21.1 Å². The van der Waals surface area contributed by atoms with Gasteiger partial charge >= 0.3 is 5.97 Å². The third kappa shape index (κ3) is 2.27. The Labute approximate surface area is 126 Å². The lowest BCUT2D eigenvalue weighted by atomic mass is 10.1. The summed E-state index contributed by atoms with van der Waals surface area (Å²) in [6.45, 7) is 2.46. The fourth-order valence-electron chi connectivity index (χ4n) is 2.70. The molecule has 1 aromatic heterocycles. The number of benzene rings is 1. The number of amides is 1. The summed E-state index contributed by atoms with van der Waals surface area (Å²) in [7, 11) is 0. The number of hydrogen-bond acceptors (Lipinski definition) is 3. The minimum Gasteiger partial charge on any atom is -0.481 e. The molecule has 3 rings (SSSR count). The summed E-state index contributed by atoms with van der Waals surface area (Å²) in [6, 6.07) is 5.36. The minimum absolute atomic E-state index is 0.221. The van der Waals surface area contributed by atoms with Gasteiger partial charge in [-0.05, 0) is 19.4 Å². The van der Waals surface area contributed by atoms with Crippen molar-refractivity contribution in [1.82, 2.24) is 4.90 Å². The van der Waals surface area contributed by atoms with Crippen LogP contribution in [0.4, 0.5) is 0 Å². The molecule has 1 saturated heterocycles. The van der Waals surface area contributed by atoms with Crippen molar-refractivity contribution in [3.63, 3.8) is 0 Å². The van der Waals surface area contributed by atoms with Gasteiger partial charge in [0.15, 0.2) is 11.3 Å². The first-order valence-electron chi connectivity index (χ1n) is 6.68. The molecule has 2 aromatic rings. The van der Waals surface area contributed by atoms with Gasteiger partial charge in [0.2, 0.25) is 0 Å². The number of halogens is 1. The van der Waals surface area contributed by atoms with Gasteiger partial charge in [-0.2, -0.15) is 0 Å². The standard InChI is InChI=1S/C15H14ClNO4/c1-8-10-3-2-4-11(16)13(10)21-12(8)14(18)17-6-5-9(7-17)15(19)20/h2-4,9H,5-7H2,1H3,(H,19,20)/t9-/m0/s1. The van der Waals surface area contributed by atoms with Crippen molar-refractivity contribution in [2.75, 3.05) is 13.1 Å². The number of hydrogen-bond donors (Lipinski definition) is 1. The van der Waals surface area contributed by atoms with Crippen molar-refractivity contribution in [2.24, 2.45) is 5.92 Å². The van der Waals surface area contributed by atoms with Crippen LogP contribution >= 0.6 is 11.6 Å². The molecule has 1 aliphatic rings. The molecule has 2 heterocycles. The molecule has 1 amide bonds. The van der Waals surface area contributed by atoms with E-state index < -0.39 is 11.9 Å². The molecular formula is C15H14ClNO4. The van der Waals surface area contributed by atoms with Gasteiger partial charge in [0.05, 0.1) is 10.9 Å². The van der Waals surface area contributed by atoms with E-state index in [0.717, 1.165) is 10.9 Å². The molecule has 0 aliphatic carbocycles. The lowest BCUT2D eigenvalue weighted by molar-refractivity contribution is -0.141. The van der Waals surface area contributed by atoms with Crippen molar-refractivity contribution < 1.29 is 19.1 Å². The Morgan fingerprint density at radius 1 is 1.43 bits per heavy atom. The van der Waals surface area contributed by atoms with Crippen LogP contribution in [0.2, 0.25) is 5.02 Å². The summed E-state index contributed by atoms with van der Waals surface area (Å²) in [4.78, 5) is 25.0. The first-order chi connectivity index (χ1) is 9.99. The Morgan fingerprint density at radius 3 is 2.81 bits per heavy atom. The number of carboxylic acids is 1. The highest BCUT2D eigenvalue weighted by Crippen LogP contribution is 2.32. The zero-order valence-corrected chi connectivity index (χ0v) is 12.2. The number of aryl methyl sites for hydroxylation is 1. The smallest absolute Gasteiger partial charge is 0.308 e. The molecule has 5 nitrogen and oxygen atoms in total. The second-order valence-corrected chi connectivity index (χ2v) is 5.65. The van der Waals surface area contributed by atoms with E-state index in [0.29, 0.717) is 23.6 Å². The normalized spacial score (nSPS) is 18.4. The molecule has 1 atom stereocenters. The fourth-order valence-corrected chi connectivity index (χ4v) is 2.92. The van der Waals surface area contributed by atoms with E-state index in [9.17, 15) is 9.59 Å². The first kappa shape index (κ1) is 13.9. The molecule has 0 spiro atoms. The lowest BCUT2D eigenvalue weighted by Gasteiger charge is -2.14. The topological polar surface area (TPSA) is 70.8 Å². The maximum Gasteiger partial charge on any atom is 0.308 e. The van der Waals surface area contributed by atoms with Crippen LogP contribution in [0.1, 0.15) is 22.5 Å². The molecule has 1 fully saturated rings. The van der Waals surface area contributed by atoms with E-state index in [1.165, 1.54) is 4.90 Å². The Hall–Kier alpha value is -2.01. The zero-order valence-electron chi connectivity index (χ0n) is 11.4. The average molecular weight is 308 g/mol. The van der Waals surface area contributed by atoms with Gasteiger partial charge in [0, 0.05) is 24.0 Å². The van der Waals surface area contributed by atoms with Gasteiger partial charge in [-0.1, -0.05) is 23.7 Å². The van der Waals surface area contributed by atoms with Crippen LogP contribution in [0.5, 0.6) is 0 Å². The van der Waals surface area contributed by atoms with Crippen LogP contribution in [0, 0.1) is 12.8 Å². The largest absolute Gasteiger partial charge is 0.481 e. The third-order valence-electron chi connectivity index (χ3n) is 3.93. The number of aliphatic carboxylic acids is 1. The van der Waals surface area contributed by atoms with Gasteiger partial charge in [0.25, 0.3) is 5.91 Å². The first-order valence-corrected chi connectivity index (χ1v) is 7.06. The summed E-state index contributed by atoms with van der Waals surface area (Å²) >= 11 is 6.08. The fraction of sp³-hybridized carbons (Fsp3) is 0.333. The zero-order chi connectivity index (χ0) is 15.1. The van der Waals surface area contributed by atoms with E-state index in [-0.39, 0.29) is 18.2 Å². The number of nitrogens with zero attached hydrogens (tertiary/aromatic N) is 1. The summed E-state index contributed by atoms with van der Waals surface area (Å²) in [5, 5.41) is 10.3. The van der Waals surface area contributed by atoms with E-state index in [1.807, 2.05) is 6.07 Å². The van der Waals surface area contributed by atoms with Crippen molar-refractivity contribution >= 4 is 34.4 Å². The number of furan rings is 1. The highest BCUT2D eigenvalue weighted by molar-refractivity contribution is 6.35. The Kier molecular flexibility index (Phi) is 3.37. The molecule has 1 N–H and O–H groups in total. The number of para-hydroxylation sites is 1. The molecule has 110 valence electrons. The molecular weight excluding hydrogens is 294 g/mol. The summed E-state index contributed by atoms with van der Waals surface area (Å²) in [6.07, 6.45) is 0.473. The number of carbonyl (C=O) groups is 2. The number of rotatable bonds is 2. The molecule has 1 aliphatic heterocycles.